The Hall–Kier alpha value is -2.12. The molecule has 4 rings (SSSR count). The van der Waals surface area contributed by atoms with E-state index in [1.165, 1.54) is 0 Å². The fourth-order valence-corrected chi connectivity index (χ4v) is 4.84. The van der Waals surface area contributed by atoms with Crippen LogP contribution in [-0.2, 0) is 21.2 Å². The predicted molar refractivity (Wildman–Crippen MR) is 92.7 cm³/mol. The van der Waals surface area contributed by atoms with E-state index in [1.807, 2.05) is 6.07 Å². The van der Waals surface area contributed by atoms with Crippen LogP contribution >= 0.6 is 0 Å². The summed E-state index contributed by atoms with van der Waals surface area (Å²) < 4.78 is 33.6. The van der Waals surface area contributed by atoms with Gasteiger partial charge in [0.2, 0.25) is 15.9 Å². The van der Waals surface area contributed by atoms with E-state index in [2.05, 4.69) is 4.72 Å². The second-order valence-corrected chi connectivity index (χ2v) is 8.22. The maximum Gasteiger partial charge on any atom is 0.241 e. The number of sulfonamides is 1. The number of carbonyl (C=O) groups excluding carboxylic acids is 1. The van der Waals surface area contributed by atoms with Crippen LogP contribution in [0, 0.1) is 0 Å². The van der Waals surface area contributed by atoms with Crippen LogP contribution in [0.25, 0.3) is 0 Å². The minimum Gasteiger partial charge on any atom is -0.469 e. The minimum atomic E-state index is -3.63. The first kappa shape index (κ1) is 16.4. The molecule has 2 aliphatic rings. The lowest BCUT2D eigenvalue weighted by Gasteiger charge is -2.23. The quantitative estimate of drug-likeness (QED) is 0.909. The van der Waals surface area contributed by atoms with Gasteiger partial charge >= 0.3 is 0 Å². The van der Waals surface area contributed by atoms with Crippen molar-refractivity contribution < 1.29 is 17.6 Å². The summed E-state index contributed by atoms with van der Waals surface area (Å²) in [4.78, 5) is 13.7. The highest BCUT2D eigenvalue weighted by atomic mass is 32.2. The Bertz CT molecular complexity index is 886. The largest absolute Gasteiger partial charge is 0.469 e. The molecule has 2 aromatic rings. The molecule has 1 aliphatic carbocycles. The number of hydrogen-bond acceptors (Lipinski definition) is 4. The van der Waals surface area contributed by atoms with Gasteiger partial charge in [-0.05, 0) is 49.6 Å². The highest BCUT2D eigenvalue weighted by Crippen LogP contribution is 2.32. The second-order valence-electron chi connectivity index (χ2n) is 6.51. The van der Waals surface area contributed by atoms with E-state index >= 15 is 0 Å². The molecular formula is C18H20N2O4S. The number of anilines is 1. The number of amides is 1. The molecule has 25 heavy (non-hydrogen) atoms. The summed E-state index contributed by atoms with van der Waals surface area (Å²) in [7, 11) is -3.63. The van der Waals surface area contributed by atoms with E-state index in [1.54, 1.807) is 35.4 Å². The summed E-state index contributed by atoms with van der Waals surface area (Å²) in [5, 5.41) is 0. The lowest BCUT2D eigenvalue weighted by Crippen LogP contribution is -2.30. The molecular weight excluding hydrogens is 340 g/mol. The predicted octanol–water partition coefficient (Wildman–Crippen LogP) is 2.76. The van der Waals surface area contributed by atoms with Crippen molar-refractivity contribution >= 4 is 21.6 Å². The van der Waals surface area contributed by atoms with E-state index in [4.69, 9.17) is 4.42 Å². The van der Waals surface area contributed by atoms with Gasteiger partial charge in [0.15, 0.2) is 0 Å². The fourth-order valence-electron chi connectivity index (χ4n) is 3.59. The van der Waals surface area contributed by atoms with Crippen LogP contribution in [0.3, 0.4) is 0 Å². The van der Waals surface area contributed by atoms with Crippen molar-refractivity contribution in [3.05, 3.63) is 47.9 Å². The Balaban J connectivity index is 1.54. The normalized spacial score (nSPS) is 20.7. The topological polar surface area (TPSA) is 79.6 Å². The molecule has 132 valence electrons. The van der Waals surface area contributed by atoms with Gasteiger partial charge in [-0.2, -0.15) is 0 Å². The maximum absolute atomic E-state index is 12.7. The van der Waals surface area contributed by atoms with Gasteiger partial charge in [-0.1, -0.05) is 0 Å². The Kier molecular flexibility index (Phi) is 4.13. The van der Waals surface area contributed by atoms with E-state index < -0.39 is 10.0 Å². The van der Waals surface area contributed by atoms with Gasteiger partial charge in [-0.3, -0.25) is 4.79 Å². The van der Waals surface area contributed by atoms with Crippen molar-refractivity contribution in [3.8, 4) is 0 Å². The summed E-state index contributed by atoms with van der Waals surface area (Å²) >= 11 is 0. The molecule has 1 aromatic carbocycles. The number of nitrogens with one attached hydrogen (secondary N) is 1. The number of aryl methyl sites for hydroxylation is 1. The molecule has 0 saturated carbocycles. The first-order valence-corrected chi connectivity index (χ1v) is 10.0. The zero-order valence-corrected chi connectivity index (χ0v) is 14.6. The number of benzene rings is 1. The Morgan fingerprint density at radius 1 is 1.08 bits per heavy atom. The molecule has 1 atom stereocenters. The number of rotatable bonds is 4. The monoisotopic (exact) mass is 360 g/mol. The number of furan rings is 1. The van der Waals surface area contributed by atoms with Crippen LogP contribution in [-0.4, -0.2) is 20.9 Å². The summed E-state index contributed by atoms with van der Waals surface area (Å²) in [6, 6.07) is 8.09. The lowest BCUT2D eigenvalue weighted by atomic mass is 9.94. The summed E-state index contributed by atoms with van der Waals surface area (Å²) in [6.07, 6.45) is 5.50. The van der Waals surface area contributed by atoms with Crippen LogP contribution in [0.5, 0.6) is 0 Å². The lowest BCUT2D eigenvalue weighted by molar-refractivity contribution is -0.117. The zero-order valence-electron chi connectivity index (χ0n) is 13.8. The number of fused-ring (bicyclic) bond motifs is 1. The van der Waals surface area contributed by atoms with Gasteiger partial charge < -0.3 is 9.32 Å². The molecule has 0 bridgehead atoms. The van der Waals surface area contributed by atoms with Crippen molar-refractivity contribution in [2.24, 2.45) is 0 Å². The van der Waals surface area contributed by atoms with Gasteiger partial charge in [0, 0.05) is 30.6 Å². The third kappa shape index (κ3) is 3.09. The van der Waals surface area contributed by atoms with Crippen LogP contribution in [0.15, 0.2) is 45.9 Å². The van der Waals surface area contributed by atoms with Crippen LogP contribution < -0.4 is 9.62 Å². The van der Waals surface area contributed by atoms with E-state index in [9.17, 15) is 13.2 Å². The Labute approximate surface area is 146 Å². The van der Waals surface area contributed by atoms with Crippen LogP contribution in [0.2, 0.25) is 0 Å². The smallest absolute Gasteiger partial charge is 0.241 e. The molecule has 0 spiro atoms. The standard InChI is InChI=1S/C18H20N2O4S/c21-18-5-2-11-20(18)13-6-8-14(9-7-13)25(22,23)19-16-3-1-4-17-15(16)10-12-24-17/h6-10,12,16,19H,1-5,11H2/t16-/m1/s1. The van der Waals surface area contributed by atoms with Gasteiger partial charge in [-0.15, -0.1) is 0 Å². The van der Waals surface area contributed by atoms with Crippen LogP contribution in [0.4, 0.5) is 5.69 Å². The SMILES string of the molecule is O=C1CCCN1c1ccc(S(=O)(=O)N[C@@H]2CCCc3occc32)cc1. The summed E-state index contributed by atoms with van der Waals surface area (Å²) in [5.74, 6) is 0.949. The Morgan fingerprint density at radius 3 is 2.60 bits per heavy atom. The molecule has 0 radical (unpaired) electrons. The minimum absolute atomic E-state index is 0.0865. The van der Waals surface area contributed by atoms with E-state index in [-0.39, 0.29) is 16.8 Å². The number of nitrogens with zero attached hydrogens (tertiary/aromatic N) is 1. The molecule has 6 nitrogen and oxygen atoms in total. The molecule has 1 amide bonds. The average Bonchev–Trinajstić information content (AvgIpc) is 3.24. The molecule has 1 fully saturated rings. The van der Waals surface area contributed by atoms with Crippen molar-refractivity contribution in [2.75, 3.05) is 11.4 Å². The third-order valence-electron chi connectivity index (χ3n) is 4.88. The summed E-state index contributed by atoms with van der Waals surface area (Å²) in [5.41, 5.74) is 1.67. The second kappa shape index (κ2) is 6.31. The van der Waals surface area contributed by atoms with Gasteiger partial charge in [0.05, 0.1) is 17.2 Å². The molecule has 1 aliphatic heterocycles. The Morgan fingerprint density at radius 2 is 1.88 bits per heavy atom. The van der Waals surface area contributed by atoms with E-state index in [0.29, 0.717) is 13.0 Å². The molecule has 7 heteroatoms. The van der Waals surface area contributed by atoms with Crippen LogP contribution in [0.1, 0.15) is 43.0 Å². The van der Waals surface area contributed by atoms with Gasteiger partial charge in [0.25, 0.3) is 0 Å². The van der Waals surface area contributed by atoms with Gasteiger partial charge in [0.1, 0.15) is 5.76 Å². The average molecular weight is 360 g/mol. The third-order valence-corrected chi connectivity index (χ3v) is 6.37. The number of carbonyl (C=O) groups is 1. The summed E-state index contributed by atoms with van der Waals surface area (Å²) in [6.45, 7) is 0.689. The molecule has 1 saturated heterocycles. The van der Waals surface area contributed by atoms with Crippen molar-refractivity contribution in [1.82, 2.24) is 4.72 Å². The highest BCUT2D eigenvalue weighted by Gasteiger charge is 2.28. The van der Waals surface area contributed by atoms with E-state index in [0.717, 1.165) is 42.7 Å². The van der Waals surface area contributed by atoms with Crippen molar-refractivity contribution in [1.29, 1.82) is 0 Å². The zero-order chi connectivity index (χ0) is 17.4. The van der Waals surface area contributed by atoms with Crippen molar-refractivity contribution in [2.45, 2.75) is 43.0 Å². The molecule has 0 unspecified atom stereocenters. The fraction of sp³-hybridized carbons (Fsp3) is 0.389. The maximum atomic E-state index is 12.7. The molecule has 2 heterocycles. The first-order chi connectivity index (χ1) is 12.0. The number of hydrogen-bond donors (Lipinski definition) is 1. The van der Waals surface area contributed by atoms with Gasteiger partial charge in [-0.25, -0.2) is 13.1 Å². The first-order valence-electron chi connectivity index (χ1n) is 8.54. The molecule has 1 N–H and O–H groups in total. The molecule has 1 aromatic heterocycles. The highest BCUT2D eigenvalue weighted by molar-refractivity contribution is 7.89. The van der Waals surface area contributed by atoms with Crippen molar-refractivity contribution in [3.63, 3.8) is 0 Å².